The number of thioether (sulfide) groups is 1. The van der Waals surface area contributed by atoms with E-state index in [0.29, 0.717) is 34.3 Å². The van der Waals surface area contributed by atoms with E-state index in [-0.39, 0.29) is 5.91 Å². The van der Waals surface area contributed by atoms with Gasteiger partial charge in [0.05, 0.1) is 20.0 Å². The molecule has 0 bridgehead atoms. The van der Waals surface area contributed by atoms with Gasteiger partial charge >= 0.3 is 0 Å². The Hall–Kier alpha value is -2.22. The first-order valence-corrected chi connectivity index (χ1v) is 10.6. The summed E-state index contributed by atoms with van der Waals surface area (Å²) in [5, 5.41) is 12.4. The molecule has 1 fully saturated rings. The molecule has 1 saturated carbocycles. The smallest absolute Gasteiger partial charge is 0.230 e. The van der Waals surface area contributed by atoms with Gasteiger partial charge in [0.25, 0.3) is 0 Å². The third-order valence-corrected chi connectivity index (χ3v) is 6.05. The maximum Gasteiger partial charge on any atom is 0.230 e. The molecule has 28 heavy (non-hydrogen) atoms. The van der Waals surface area contributed by atoms with Crippen molar-refractivity contribution in [2.75, 3.05) is 20.0 Å². The lowest BCUT2D eigenvalue weighted by Gasteiger charge is -2.15. The maximum atomic E-state index is 12.3. The van der Waals surface area contributed by atoms with Crippen molar-refractivity contribution in [1.82, 2.24) is 20.1 Å². The van der Waals surface area contributed by atoms with Gasteiger partial charge in [-0.05, 0) is 31.0 Å². The summed E-state index contributed by atoms with van der Waals surface area (Å²) in [4.78, 5) is 12.3. The molecule has 0 saturated heterocycles. The predicted octanol–water partition coefficient (Wildman–Crippen LogP) is 3.43. The number of ether oxygens (including phenoxy) is 2. The first-order chi connectivity index (χ1) is 13.6. The van der Waals surface area contributed by atoms with Crippen LogP contribution in [0.5, 0.6) is 11.5 Å². The van der Waals surface area contributed by atoms with E-state index in [2.05, 4.69) is 15.5 Å². The molecule has 1 aromatic carbocycles. The van der Waals surface area contributed by atoms with E-state index in [1.165, 1.54) is 37.4 Å². The fraction of sp³-hybridized carbons (Fsp3) is 0.550. The highest BCUT2D eigenvalue weighted by atomic mass is 32.2. The number of carbonyl (C=O) groups is 1. The molecule has 1 aliphatic carbocycles. The monoisotopic (exact) mass is 404 g/mol. The number of benzene rings is 1. The van der Waals surface area contributed by atoms with Crippen LogP contribution in [0.15, 0.2) is 23.4 Å². The van der Waals surface area contributed by atoms with Gasteiger partial charge in [0, 0.05) is 18.7 Å². The van der Waals surface area contributed by atoms with Crippen LogP contribution in [0.2, 0.25) is 0 Å². The fourth-order valence-electron chi connectivity index (χ4n) is 3.49. The van der Waals surface area contributed by atoms with Crippen LogP contribution in [0.4, 0.5) is 0 Å². The van der Waals surface area contributed by atoms with Crippen molar-refractivity contribution in [3.63, 3.8) is 0 Å². The SMILES string of the molecule is COc1ccc(-c2nnc(SCC(=O)NC3CCCCCC3)n2C)cc1OC. The summed E-state index contributed by atoms with van der Waals surface area (Å²) in [5.74, 6) is 2.42. The van der Waals surface area contributed by atoms with Crippen LogP contribution in [0.3, 0.4) is 0 Å². The molecule has 0 spiro atoms. The number of methoxy groups -OCH3 is 2. The second kappa shape index (κ2) is 9.82. The van der Waals surface area contributed by atoms with E-state index < -0.39 is 0 Å². The lowest BCUT2D eigenvalue weighted by atomic mass is 10.1. The number of hydrogen-bond acceptors (Lipinski definition) is 6. The summed E-state index contributed by atoms with van der Waals surface area (Å²) < 4.78 is 12.5. The van der Waals surface area contributed by atoms with Gasteiger partial charge in [0.15, 0.2) is 22.5 Å². The van der Waals surface area contributed by atoms with Gasteiger partial charge in [0.2, 0.25) is 5.91 Å². The number of nitrogens with zero attached hydrogens (tertiary/aromatic N) is 3. The molecule has 1 aromatic heterocycles. The third-order valence-electron chi connectivity index (χ3n) is 5.03. The topological polar surface area (TPSA) is 78.3 Å². The van der Waals surface area contributed by atoms with Crippen molar-refractivity contribution < 1.29 is 14.3 Å². The Morgan fingerprint density at radius 3 is 2.54 bits per heavy atom. The van der Waals surface area contributed by atoms with Gasteiger partial charge in [-0.25, -0.2) is 0 Å². The van der Waals surface area contributed by atoms with Crippen LogP contribution in [-0.4, -0.2) is 46.7 Å². The summed E-state index contributed by atoms with van der Waals surface area (Å²) in [6, 6.07) is 5.95. The van der Waals surface area contributed by atoms with Crippen LogP contribution in [0.25, 0.3) is 11.4 Å². The maximum absolute atomic E-state index is 12.3. The lowest BCUT2D eigenvalue weighted by molar-refractivity contribution is -0.119. The van der Waals surface area contributed by atoms with Crippen LogP contribution >= 0.6 is 11.8 Å². The minimum atomic E-state index is 0.0626. The first-order valence-electron chi connectivity index (χ1n) is 9.66. The van der Waals surface area contributed by atoms with E-state index in [9.17, 15) is 4.79 Å². The number of hydrogen-bond donors (Lipinski definition) is 1. The summed E-state index contributed by atoms with van der Waals surface area (Å²) >= 11 is 1.40. The molecule has 1 aliphatic rings. The molecular formula is C20H28N4O3S. The Bertz CT molecular complexity index is 801. The highest BCUT2D eigenvalue weighted by molar-refractivity contribution is 7.99. The molecule has 152 valence electrons. The third kappa shape index (κ3) is 4.98. The molecule has 0 aliphatic heterocycles. The highest BCUT2D eigenvalue weighted by Crippen LogP contribution is 2.32. The molecule has 0 unspecified atom stereocenters. The van der Waals surface area contributed by atoms with Crippen molar-refractivity contribution in [2.45, 2.75) is 49.7 Å². The molecule has 8 heteroatoms. The molecule has 1 amide bonds. The zero-order chi connectivity index (χ0) is 19.9. The standard InChI is InChI=1S/C20H28N4O3S/c1-24-19(14-10-11-16(26-2)17(12-14)27-3)22-23-20(24)28-13-18(25)21-15-8-6-4-5-7-9-15/h10-12,15H,4-9,13H2,1-3H3,(H,21,25). The van der Waals surface area contributed by atoms with Gasteiger partial charge < -0.3 is 19.4 Å². The lowest BCUT2D eigenvalue weighted by Crippen LogP contribution is -2.35. The Kier molecular flexibility index (Phi) is 7.19. The average Bonchev–Trinajstić information content (AvgIpc) is 2.90. The summed E-state index contributed by atoms with van der Waals surface area (Å²) in [6.45, 7) is 0. The Morgan fingerprint density at radius 1 is 1.14 bits per heavy atom. The number of carbonyl (C=O) groups excluding carboxylic acids is 1. The molecule has 1 N–H and O–H groups in total. The second-order valence-corrected chi connectivity index (χ2v) is 7.92. The van der Waals surface area contributed by atoms with Crippen molar-refractivity contribution >= 4 is 17.7 Å². The predicted molar refractivity (Wildman–Crippen MR) is 110 cm³/mol. The quantitative estimate of drug-likeness (QED) is 0.563. The van der Waals surface area contributed by atoms with Crippen molar-refractivity contribution in [3.05, 3.63) is 18.2 Å². The van der Waals surface area contributed by atoms with Gasteiger partial charge in [-0.3, -0.25) is 4.79 Å². The number of aromatic nitrogens is 3. The highest BCUT2D eigenvalue weighted by Gasteiger charge is 2.17. The molecule has 2 aromatic rings. The molecule has 1 heterocycles. The number of nitrogens with one attached hydrogen (secondary N) is 1. The Labute approximate surface area is 170 Å². The van der Waals surface area contributed by atoms with Gasteiger partial charge in [-0.15, -0.1) is 10.2 Å². The van der Waals surface area contributed by atoms with E-state index >= 15 is 0 Å². The van der Waals surface area contributed by atoms with Gasteiger partial charge in [-0.1, -0.05) is 37.4 Å². The van der Waals surface area contributed by atoms with Crippen molar-refractivity contribution in [1.29, 1.82) is 0 Å². The van der Waals surface area contributed by atoms with Gasteiger partial charge in [-0.2, -0.15) is 0 Å². The summed E-state index contributed by atoms with van der Waals surface area (Å²) in [7, 11) is 5.11. The van der Waals surface area contributed by atoms with E-state index in [0.717, 1.165) is 18.4 Å². The van der Waals surface area contributed by atoms with Crippen molar-refractivity contribution in [2.24, 2.45) is 7.05 Å². The van der Waals surface area contributed by atoms with Crippen LogP contribution in [0, 0.1) is 0 Å². The molecule has 7 nitrogen and oxygen atoms in total. The van der Waals surface area contributed by atoms with Crippen molar-refractivity contribution in [3.8, 4) is 22.9 Å². The van der Waals surface area contributed by atoms with Crippen LogP contribution in [-0.2, 0) is 11.8 Å². The van der Waals surface area contributed by atoms with Crippen LogP contribution < -0.4 is 14.8 Å². The molecular weight excluding hydrogens is 376 g/mol. The number of rotatable bonds is 7. The second-order valence-electron chi connectivity index (χ2n) is 6.98. The van der Waals surface area contributed by atoms with E-state index in [1.807, 2.05) is 29.8 Å². The molecule has 3 rings (SSSR count). The molecule has 0 radical (unpaired) electrons. The Balaban J connectivity index is 1.62. The molecule has 0 atom stereocenters. The van der Waals surface area contributed by atoms with Gasteiger partial charge in [0.1, 0.15) is 0 Å². The number of amides is 1. The summed E-state index contributed by atoms with van der Waals surface area (Å²) in [6.07, 6.45) is 7.14. The largest absolute Gasteiger partial charge is 0.493 e. The van der Waals surface area contributed by atoms with E-state index in [4.69, 9.17) is 9.47 Å². The minimum absolute atomic E-state index is 0.0626. The average molecular weight is 405 g/mol. The van der Waals surface area contributed by atoms with E-state index in [1.54, 1.807) is 14.2 Å². The normalized spacial score (nSPS) is 15.1. The first kappa shape index (κ1) is 20.5. The fourth-order valence-corrected chi connectivity index (χ4v) is 4.21. The summed E-state index contributed by atoms with van der Waals surface area (Å²) in [5.41, 5.74) is 0.877. The zero-order valence-corrected chi connectivity index (χ0v) is 17.6. The zero-order valence-electron chi connectivity index (χ0n) is 16.7. The minimum Gasteiger partial charge on any atom is -0.493 e. The van der Waals surface area contributed by atoms with Crippen LogP contribution in [0.1, 0.15) is 38.5 Å². The Morgan fingerprint density at radius 2 is 1.86 bits per heavy atom.